The topological polar surface area (TPSA) is 64.7 Å². The van der Waals surface area contributed by atoms with Crippen molar-refractivity contribution in [1.82, 2.24) is 15.0 Å². The molecule has 82 valence electrons. The first-order chi connectivity index (χ1) is 7.56. The van der Waals surface area contributed by atoms with Gasteiger partial charge in [0.15, 0.2) is 5.82 Å². The number of aromatic nitrogens is 3. The summed E-state index contributed by atoms with van der Waals surface area (Å²) in [7, 11) is 0. The van der Waals surface area contributed by atoms with Crippen molar-refractivity contribution < 1.29 is 0 Å². The third kappa shape index (κ3) is 2.19. The molecule has 0 atom stereocenters. The standard InChI is InChI=1S/C11H11BrN4/c1-6-3-8(4-7(2)15-6)11-14-5-9(12)10(13)16-11/h3-5H,1-2H3,(H2,13,14,16). The fraction of sp³-hybridized carbons (Fsp3) is 0.182. The van der Waals surface area contributed by atoms with Crippen LogP contribution in [0.4, 0.5) is 5.82 Å². The van der Waals surface area contributed by atoms with Crippen LogP contribution in [0.25, 0.3) is 11.4 Å². The summed E-state index contributed by atoms with van der Waals surface area (Å²) in [6.07, 6.45) is 1.66. The number of anilines is 1. The average molecular weight is 279 g/mol. The van der Waals surface area contributed by atoms with E-state index >= 15 is 0 Å². The number of nitrogen functional groups attached to an aromatic ring is 1. The molecule has 0 fully saturated rings. The van der Waals surface area contributed by atoms with E-state index in [2.05, 4.69) is 30.9 Å². The fourth-order valence-corrected chi connectivity index (χ4v) is 1.67. The SMILES string of the molecule is Cc1cc(-c2ncc(Br)c(N)n2)cc(C)n1. The third-order valence-electron chi connectivity index (χ3n) is 2.11. The molecule has 0 bridgehead atoms. The van der Waals surface area contributed by atoms with Gasteiger partial charge in [-0.15, -0.1) is 0 Å². The summed E-state index contributed by atoms with van der Waals surface area (Å²) in [6, 6.07) is 3.88. The molecule has 0 amide bonds. The minimum atomic E-state index is 0.442. The number of pyridine rings is 1. The highest BCUT2D eigenvalue weighted by Crippen LogP contribution is 2.21. The molecule has 0 spiro atoms. The van der Waals surface area contributed by atoms with E-state index in [1.165, 1.54) is 0 Å². The van der Waals surface area contributed by atoms with E-state index in [-0.39, 0.29) is 0 Å². The summed E-state index contributed by atoms with van der Waals surface area (Å²) in [5.41, 5.74) is 8.54. The molecular weight excluding hydrogens is 268 g/mol. The van der Waals surface area contributed by atoms with Crippen LogP contribution in [0.1, 0.15) is 11.4 Å². The maximum atomic E-state index is 5.72. The fourth-order valence-electron chi connectivity index (χ4n) is 1.48. The van der Waals surface area contributed by atoms with Gasteiger partial charge in [-0.1, -0.05) is 0 Å². The smallest absolute Gasteiger partial charge is 0.161 e. The zero-order chi connectivity index (χ0) is 11.7. The van der Waals surface area contributed by atoms with Gasteiger partial charge in [0.2, 0.25) is 0 Å². The average Bonchev–Trinajstić information content (AvgIpc) is 2.20. The monoisotopic (exact) mass is 278 g/mol. The normalized spacial score (nSPS) is 10.4. The second-order valence-corrected chi connectivity index (χ2v) is 4.42. The molecule has 2 rings (SSSR count). The van der Waals surface area contributed by atoms with E-state index in [4.69, 9.17) is 5.73 Å². The molecule has 0 unspecified atom stereocenters. The Morgan fingerprint density at radius 3 is 2.31 bits per heavy atom. The van der Waals surface area contributed by atoms with Crippen molar-refractivity contribution in [3.63, 3.8) is 0 Å². The number of aryl methyl sites for hydroxylation is 2. The largest absolute Gasteiger partial charge is 0.383 e. The molecule has 0 aromatic carbocycles. The number of rotatable bonds is 1. The van der Waals surface area contributed by atoms with Crippen LogP contribution in [0.3, 0.4) is 0 Å². The van der Waals surface area contributed by atoms with Crippen molar-refractivity contribution in [1.29, 1.82) is 0 Å². The van der Waals surface area contributed by atoms with Crippen molar-refractivity contribution in [3.8, 4) is 11.4 Å². The van der Waals surface area contributed by atoms with Gasteiger partial charge >= 0.3 is 0 Å². The first-order valence-electron chi connectivity index (χ1n) is 4.80. The van der Waals surface area contributed by atoms with Crippen molar-refractivity contribution in [2.75, 3.05) is 5.73 Å². The summed E-state index contributed by atoms with van der Waals surface area (Å²) in [5, 5.41) is 0. The maximum Gasteiger partial charge on any atom is 0.161 e. The van der Waals surface area contributed by atoms with Gasteiger partial charge in [-0.25, -0.2) is 9.97 Å². The third-order valence-corrected chi connectivity index (χ3v) is 2.72. The minimum absolute atomic E-state index is 0.442. The molecule has 0 aliphatic carbocycles. The molecule has 5 heteroatoms. The van der Waals surface area contributed by atoms with Gasteiger partial charge in [0.1, 0.15) is 5.82 Å². The number of nitrogens with two attached hydrogens (primary N) is 1. The van der Waals surface area contributed by atoms with E-state index in [9.17, 15) is 0 Å². The molecule has 0 saturated heterocycles. The summed E-state index contributed by atoms with van der Waals surface area (Å²) in [5.74, 6) is 1.06. The molecule has 0 saturated carbocycles. The highest BCUT2D eigenvalue weighted by molar-refractivity contribution is 9.10. The van der Waals surface area contributed by atoms with Crippen LogP contribution in [-0.2, 0) is 0 Å². The number of hydrogen-bond donors (Lipinski definition) is 1. The van der Waals surface area contributed by atoms with Crippen LogP contribution in [0.5, 0.6) is 0 Å². The lowest BCUT2D eigenvalue weighted by atomic mass is 10.2. The Balaban J connectivity index is 2.54. The van der Waals surface area contributed by atoms with Gasteiger partial charge < -0.3 is 5.73 Å². The lowest BCUT2D eigenvalue weighted by Gasteiger charge is -2.04. The lowest BCUT2D eigenvalue weighted by molar-refractivity contribution is 1.10. The summed E-state index contributed by atoms with van der Waals surface area (Å²) in [6.45, 7) is 3.89. The van der Waals surface area contributed by atoms with E-state index in [1.54, 1.807) is 6.20 Å². The molecule has 0 aliphatic rings. The molecule has 0 aliphatic heterocycles. The van der Waals surface area contributed by atoms with E-state index < -0.39 is 0 Å². The van der Waals surface area contributed by atoms with Crippen LogP contribution < -0.4 is 5.73 Å². The van der Waals surface area contributed by atoms with E-state index in [0.717, 1.165) is 17.0 Å². The van der Waals surface area contributed by atoms with Crippen molar-refractivity contribution in [3.05, 3.63) is 34.2 Å². The molecule has 16 heavy (non-hydrogen) atoms. The van der Waals surface area contributed by atoms with Gasteiger partial charge in [0, 0.05) is 23.1 Å². The second kappa shape index (κ2) is 4.17. The Labute approximate surface area is 102 Å². The Bertz CT molecular complexity index is 519. The minimum Gasteiger partial charge on any atom is -0.383 e. The van der Waals surface area contributed by atoms with Crippen LogP contribution in [0, 0.1) is 13.8 Å². The highest BCUT2D eigenvalue weighted by Gasteiger charge is 2.05. The molecule has 2 heterocycles. The highest BCUT2D eigenvalue weighted by atomic mass is 79.9. The van der Waals surface area contributed by atoms with Crippen LogP contribution in [0.2, 0.25) is 0 Å². The van der Waals surface area contributed by atoms with E-state index in [0.29, 0.717) is 16.1 Å². The zero-order valence-corrected chi connectivity index (χ0v) is 10.6. The second-order valence-electron chi connectivity index (χ2n) is 3.57. The molecule has 2 aromatic rings. The first kappa shape index (κ1) is 11.0. The van der Waals surface area contributed by atoms with Gasteiger partial charge in [-0.05, 0) is 41.9 Å². The molecule has 0 radical (unpaired) electrons. The predicted molar refractivity (Wildman–Crippen MR) is 66.8 cm³/mol. The van der Waals surface area contributed by atoms with Gasteiger partial charge in [-0.3, -0.25) is 4.98 Å². The zero-order valence-electron chi connectivity index (χ0n) is 9.03. The molecule has 4 nitrogen and oxygen atoms in total. The molecular formula is C11H11BrN4. The summed E-state index contributed by atoms with van der Waals surface area (Å²) < 4.78 is 0.707. The Hall–Kier alpha value is -1.49. The number of nitrogens with zero attached hydrogens (tertiary/aromatic N) is 3. The Morgan fingerprint density at radius 2 is 1.75 bits per heavy atom. The van der Waals surface area contributed by atoms with Crippen LogP contribution in [0.15, 0.2) is 22.8 Å². The van der Waals surface area contributed by atoms with Crippen molar-refractivity contribution in [2.45, 2.75) is 13.8 Å². The molecule has 2 aromatic heterocycles. The van der Waals surface area contributed by atoms with Gasteiger partial charge in [0.05, 0.1) is 4.47 Å². The molecule has 2 N–H and O–H groups in total. The van der Waals surface area contributed by atoms with Crippen LogP contribution >= 0.6 is 15.9 Å². The van der Waals surface area contributed by atoms with E-state index in [1.807, 2.05) is 26.0 Å². The Kier molecular flexibility index (Phi) is 2.87. The van der Waals surface area contributed by atoms with Crippen LogP contribution in [-0.4, -0.2) is 15.0 Å². The lowest BCUT2D eigenvalue weighted by Crippen LogP contribution is -1.97. The van der Waals surface area contributed by atoms with Crippen molar-refractivity contribution >= 4 is 21.7 Å². The predicted octanol–water partition coefficient (Wildman–Crippen LogP) is 2.50. The van der Waals surface area contributed by atoms with Crippen molar-refractivity contribution in [2.24, 2.45) is 0 Å². The number of halogens is 1. The maximum absolute atomic E-state index is 5.72. The first-order valence-corrected chi connectivity index (χ1v) is 5.59. The van der Waals surface area contributed by atoms with Gasteiger partial charge in [-0.2, -0.15) is 0 Å². The quantitative estimate of drug-likeness (QED) is 0.871. The summed E-state index contributed by atoms with van der Waals surface area (Å²) >= 11 is 3.27. The summed E-state index contributed by atoms with van der Waals surface area (Å²) in [4.78, 5) is 12.7. The number of hydrogen-bond acceptors (Lipinski definition) is 4. The van der Waals surface area contributed by atoms with Gasteiger partial charge in [0.25, 0.3) is 0 Å². The Morgan fingerprint density at radius 1 is 1.12 bits per heavy atom.